The van der Waals surface area contributed by atoms with Gasteiger partial charge in [-0.2, -0.15) is 0 Å². The van der Waals surface area contributed by atoms with Gasteiger partial charge in [-0.3, -0.25) is 9.69 Å². The molecule has 0 saturated carbocycles. The zero-order chi connectivity index (χ0) is 14.5. The van der Waals surface area contributed by atoms with E-state index in [0.717, 1.165) is 0 Å². The molecule has 0 aromatic heterocycles. The minimum Gasteiger partial charge on any atom is -0.612 e. The fourth-order valence-corrected chi connectivity index (χ4v) is 3.93. The summed E-state index contributed by atoms with van der Waals surface area (Å²) in [5, 5.41) is 19.2. The van der Waals surface area contributed by atoms with Crippen molar-refractivity contribution in [2.24, 2.45) is 5.92 Å². The summed E-state index contributed by atoms with van der Waals surface area (Å²) in [4.78, 5) is 24.8. The summed E-state index contributed by atoms with van der Waals surface area (Å²) in [6.45, 7) is 4.76. The summed E-state index contributed by atoms with van der Waals surface area (Å²) in [6.07, 6.45) is 0.266. The van der Waals surface area contributed by atoms with Crippen LogP contribution in [0.15, 0.2) is 10.6 Å². The quantitative estimate of drug-likeness (QED) is 0.562. The van der Waals surface area contributed by atoms with Gasteiger partial charge < -0.3 is 14.8 Å². The highest BCUT2D eigenvalue weighted by Gasteiger charge is 2.61. The number of carboxylic acids is 1. The van der Waals surface area contributed by atoms with Crippen LogP contribution >= 0.6 is 0 Å². The van der Waals surface area contributed by atoms with Gasteiger partial charge in [0.2, 0.25) is 5.91 Å². The minimum atomic E-state index is -1.39. The van der Waals surface area contributed by atoms with E-state index in [1.54, 1.807) is 6.92 Å². The van der Waals surface area contributed by atoms with Crippen LogP contribution in [0.5, 0.6) is 0 Å². The maximum atomic E-state index is 12.0. The maximum Gasteiger partial charge on any atom is 0.357 e. The third kappa shape index (κ3) is 2.05. The van der Waals surface area contributed by atoms with Crippen LogP contribution in [0.3, 0.4) is 0 Å². The van der Waals surface area contributed by atoms with Crippen molar-refractivity contribution in [3.63, 3.8) is 0 Å². The van der Waals surface area contributed by atoms with Gasteiger partial charge in [0.15, 0.2) is 10.6 Å². The van der Waals surface area contributed by atoms with Gasteiger partial charge >= 0.3 is 5.97 Å². The highest BCUT2D eigenvalue weighted by molar-refractivity contribution is 7.95. The lowest BCUT2D eigenvalue weighted by Gasteiger charge is -2.47. The SMILES string of the molecule is CC[S+]([O-])C1=C(C(=O)O)N2C(=O)[C@@H](C(C)(C)O)[C@@H]2C1. The number of amides is 1. The van der Waals surface area contributed by atoms with Crippen LogP contribution in [-0.2, 0) is 20.8 Å². The molecule has 1 saturated heterocycles. The molecular formula is C12H17NO5S. The largest absolute Gasteiger partial charge is 0.612 e. The molecule has 2 aliphatic rings. The smallest absolute Gasteiger partial charge is 0.357 e. The van der Waals surface area contributed by atoms with Gasteiger partial charge in [-0.1, -0.05) is 0 Å². The van der Waals surface area contributed by atoms with Gasteiger partial charge in [0.05, 0.1) is 17.6 Å². The number of carbonyl (C=O) groups is 2. The number of hydrogen-bond acceptors (Lipinski definition) is 4. The first-order valence-electron chi connectivity index (χ1n) is 6.10. The number of aliphatic carboxylic acids is 1. The predicted octanol–water partition coefficient (Wildman–Crippen LogP) is 0.0528. The molecule has 6 nitrogen and oxygen atoms in total. The third-order valence-electron chi connectivity index (χ3n) is 3.62. The van der Waals surface area contributed by atoms with Gasteiger partial charge in [-0.05, 0) is 31.9 Å². The molecule has 0 aromatic rings. The molecular weight excluding hydrogens is 270 g/mol. The van der Waals surface area contributed by atoms with Crippen molar-refractivity contribution in [2.75, 3.05) is 5.75 Å². The van der Waals surface area contributed by atoms with Gasteiger partial charge in [-0.25, -0.2) is 4.79 Å². The Morgan fingerprint density at radius 3 is 2.58 bits per heavy atom. The number of β-lactam (4-membered cyclic amide) rings is 1. The Balaban J connectivity index is 2.35. The van der Waals surface area contributed by atoms with E-state index in [-0.39, 0.29) is 18.2 Å². The van der Waals surface area contributed by atoms with Crippen molar-refractivity contribution in [1.29, 1.82) is 0 Å². The van der Waals surface area contributed by atoms with Gasteiger partial charge in [0.1, 0.15) is 5.75 Å². The second-order valence-corrected chi connectivity index (χ2v) is 7.08. The van der Waals surface area contributed by atoms with Crippen molar-refractivity contribution in [3.8, 4) is 0 Å². The first-order valence-corrected chi connectivity index (χ1v) is 7.42. The van der Waals surface area contributed by atoms with E-state index in [4.69, 9.17) is 0 Å². The van der Waals surface area contributed by atoms with Crippen molar-refractivity contribution in [1.82, 2.24) is 4.90 Å². The van der Waals surface area contributed by atoms with Crippen molar-refractivity contribution in [3.05, 3.63) is 10.6 Å². The molecule has 19 heavy (non-hydrogen) atoms. The number of carbonyl (C=O) groups excluding carboxylic acids is 1. The van der Waals surface area contributed by atoms with Crippen LogP contribution < -0.4 is 0 Å². The molecule has 0 radical (unpaired) electrons. The van der Waals surface area contributed by atoms with Crippen molar-refractivity contribution in [2.45, 2.75) is 38.8 Å². The Morgan fingerprint density at radius 2 is 2.16 bits per heavy atom. The Bertz CT molecular complexity index is 467. The molecule has 1 unspecified atom stereocenters. The molecule has 7 heteroatoms. The van der Waals surface area contributed by atoms with Gasteiger partial charge in [0.25, 0.3) is 0 Å². The number of rotatable bonds is 4. The number of nitrogens with zero attached hydrogens (tertiary/aromatic N) is 1. The molecule has 2 N–H and O–H groups in total. The molecule has 1 fully saturated rings. The van der Waals surface area contributed by atoms with E-state index >= 15 is 0 Å². The molecule has 0 aliphatic carbocycles. The fraction of sp³-hybridized carbons (Fsp3) is 0.667. The monoisotopic (exact) mass is 287 g/mol. The Hall–Kier alpha value is -1.05. The first kappa shape index (κ1) is 14.4. The fourth-order valence-electron chi connectivity index (χ4n) is 2.82. The molecule has 1 amide bonds. The summed E-state index contributed by atoms with van der Waals surface area (Å²) < 4.78 is 11.9. The van der Waals surface area contributed by atoms with E-state index in [1.807, 2.05) is 0 Å². The van der Waals surface area contributed by atoms with E-state index in [9.17, 15) is 24.4 Å². The van der Waals surface area contributed by atoms with Crippen LogP contribution in [0.2, 0.25) is 0 Å². The van der Waals surface area contributed by atoms with E-state index in [1.165, 1.54) is 18.7 Å². The average Bonchev–Trinajstić information content (AvgIpc) is 2.60. The summed E-state index contributed by atoms with van der Waals surface area (Å²) in [6, 6.07) is -0.385. The van der Waals surface area contributed by atoms with Crippen LogP contribution in [0.4, 0.5) is 0 Å². The third-order valence-corrected chi connectivity index (χ3v) is 5.05. The number of hydrogen-bond donors (Lipinski definition) is 2. The van der Waals surface area contributed by atoms with Gasteiger partial charge in [-0.15, -0.1) is 0 Å². The van der Waals surface area contributed by atoms with Crippen LogP contribution in [0.25, 0.3) is 0 Å². The predicted molar refractivity (Wildman–Crippen MR) is 68.4 cm³/mol. The molecule has 0 bridgehead atoms. The lowest BCUT2D eigenvalue weighted by atomic mass is 9.76. The standard InChI is InChI=1S/C12H17NO5S/c1-4-19(18)7-5-6-8(12(2,3)17)10(14)13(6)9(7)11(15)16/h6,8,17H,4-5H2,1-3H3,(H,15,16)/t6-,8-,19?/m0/s1. The molecule has 0 spiro atoms. The highest BCUT2D eigenvalue weighted by Crippen LogP contribution is 2.47. The molecule has 3 atom stereocenters. The van der Waals surface area contributed by atoms with E-state index in [0.29, 0.717) is 10.7 Å². The van der Waals surface area contributed by atoms with Crippen LogP contribution in [0, 0.1) is 5.92 Å². The Kier molecular flexibility index (Phi) is 3.40. The van der Waals surface area contributed by atoms with Gasteiger partial charge in [0, 0.05) is 6.42 Å². The number of aliphatic hydroxyl groups is 1. The topological polar surface area (TPSA) is 101 Å². The average molecular weight is 287 g/mol. The lowest BCUT2D eigenvalue weighted by Crippen LogP contribution is -2.65. The van der Waals surface area contributed by atoms with E-state index < -0.39 is 34.6 Å². The molecule has 106 valence electrons. The highest BCUT2D eigenvalue weighted by atomic mass is 32.2. The lowest BCUT2D eigenvalue weighted by molar-refractivity contribution is -0.169. The zero-order valence-corrected chi connectivity index (χ0v) is 11.9. The molecule has 2 aliphatic heterocycles. The van der Waals surface area contributed by atoms with E-state index in [2.05, 4.69) is 0 Å². The minimum absolute atomic E-state index is 0.157. The number of fused-ring (bicyclic) bond motifs is 1. The second-order valence-electron chi connectivity index (χ2n) is 5.32. The maximum absolute atomic E-state index is 12.0. The van der Waals surface area contributed by atoms with Crippen LogP contribution in [0.1, 0.15) is 27.2 Å². The number of carboxylic acid groups (broad SMARTS) is 1. The van der Waals surface area contributed by atoms with Crippen molar-refractivity contribution >= 4 is 23.1 Å². The zero-order valence-electron chi connectivity index (χ0n) is 11.0. The summed E-state index contributed by atoms with van der Waals surface area (Å²) in [5.74, 6) is -1.96. The molecule has 0 aromatic carbocycles. The Morgan fingerprint density at radius 1 is 1.58 bits per heavy atom. The molecule has 2 heterocycles. The summed E-state index contributed by atoms with van der Waals surface area (Å²) >= 11 is -1.39. The summed E-state index contributed by atoms with van der Waals surface area (Å²) in [5.41, 5.74) is -1.36. The second kappa shape index (κ2) is 4.50. The first-order chi connectivity index (χ1) is 8.70. The van der Waals surface area contributed by atoms with Crippen molar-refractivity contribution < 1.29 is 24.4 Å². The summed E-state index contributed by atoms with van der Waals surface area (Å²) in [7, 11) is 0. The Labute approximate surface area is 114 Å². The normalized spacial score (nSPS) is 28.3. The van der Waals surface area contributed by atoms with Crippen LogP contribution in [-0.4, -0.2) is 48.9 Å². The molecule has 2 rings (SSSR count).